The Morgan fingerprint density at radius 1 is 1.36 bits per heavy atom. The summed E-state index contributed by atoms with van der Waals surface area (Å²) in [5.41, 5.74) is 1.78. The van der Waals surface area contributed by atoms with Crippen LogP contribution in [0.5, 0.6) is 0 Å². The molecule has 3 rings (SSSR count). The summed E-state index contributed by atoms with van der Waals surface area (Å²) >= 11 is 3.44. The Bertz CT molecular complexity index is 926. The van der Waals surface area contributed by atoms with Crippen molar-refractivity contribution in [3.63, 3.8) is 0 Å². The topological polar surface area (TPSA) is 95.8 Å². The van der Waals surface area contributed by atoms with E-state index in [-0.39, 0.29) is 30.7 Å². The number of aryl methyl sites for hydroxylation is 2. The van der Waals surface area contributed by atoms with Crippen LogP contribution in [0.2, 0.25) is 0 Å². The summed E-state index contributed by atoms with van der Waals surface area (Å²) in [5, 5.41) is 6.26. The van der Waals surface area contributed by atoms with Gasteiger partial charge in [0.1, 0.15) is 5.76 Å². The first-order valence-corrected chi connectivity index (χ1v) is 9.58. The van der Waals surface area contributed by atoms with Crippen LogP contribution >= 0.6 is 15.9 Å². The predicted octanol–water partition coefficient (Wildman–Crippen LogP) is 2.50. The second kappa shape index (κ2) is 8.14. The molecule has 1 aromatic carbocycles. The number of benzene rings is 1. The van der Waals surface area contributed by atoms with Crippen molar-refractivity contribution in [1.82, 2.24) is 10.1 Å². The highest BCUT2D eigenvalue weighted by Gasteiger charge is 2.36. The molecule has 1 N–H and O–H groups in total. The monoisotopic (exact) mass is 448 g/mol. The average molecular weight is 449 g/mol. The molecule has 1 atom stereocenters. The molecule has 1 saturated heterocycles. The first-order chi connectivity index (χ1) is 13.2. The van der Waals surface area contributed by atoms with E-state index in [0.29, 0.717) is 18.1 Å². The van der Waals surface area contributed by atoms with Crippen molar-refractivity contribution in [1.29, 1.82) is 0 Å². The van der Waals surface area contributed by atoms with Crippen molar-refractivity contribution in [2.45, 2.75) is 20.3 Å². The SMILES string of the molecule is Cc1cc(NC(=O)CN(C)C(=O)C2CC(=O)N(c3ccc(Br)c(C)c3)C2)no1. The lowest BCUT2D eigenvalue weighted by Crippen LogP contribution is -2.39. The number of anilines is 2. The van der Waals surface area contributed by atoms with E-state index in [1.807, 2.05) is 25.1 Å². The van der Waals surface area contributed by atoms with E-state index < -0.39 is 5.92 Å². The maximum atomic E-state index is 12.7. The van der Waals surface area contributed by atoms with Gasteiger partial charge in [0.15, 0.2) is 5.82 Å². The minimum atomic E-state index is -0.483. The van der Waals surface area contributed by atoms with Gasteiger partial charge in [-0.2, -0.15) is 0 Å². The van der Waals surface area contributed by atoms with Gasteiger partial charge in [0.05, 0.1) is 12.5 Å². The number of nitrogens with one attached hydrogen (secondary N) is 1. The smallest absolute Gasteiger partial charge is 0.245 e. The van der Waals surface area contributed by atoms with E-state index in [1.165, 1.54) is 4.90 Å². The summed E-state index contributed by atoms with van der Waals surface area (Å²) in [6.07, 6.45) is 0.127. The lowest BCUT2D eigenvalue weighted by molar-refractivity contribution is -0.137. The number of hydrogen-bond donors (Lipinski definition) is 1. The van der Waals surface area contributed by atoms with E-state index in [0.717, 1.165) is 15.7 Å². The molecule has 1 aliphatic rings. The van der Waals surface area contributed by atoms with Gasteiger partial charge in [0, 0.05) is 36.2 Å². The minimum absolute atomic E-state index is 0.101. The maximum absolute atomic E-state index is 12.7. The Labute approximate surface area is 171 Å². The first-order valence-electron chi connectivity index (χ1n) is 8.79. The number of rotatable bonds is 5. The van der Waals surface area contributed by atoms with Crippen molar-refractivity contribution in [2.24, 2.45) is 5.92 Å². The van der Waals surface area contributed by atoms with Crippen LogP contribution in [0.15, 0.2) is 33.3 Å². The lowest BCUT2D eigenvalue weighted by atomic mass is 10.1. The van der Waals surface area contributed by atoms with Gasteiger partial charge in [-0.05, 0) is 37.6 Å². The Kier molecular flexibility index (Phi) is 5.83. The first kappa shape index (κ1) is 20.1. The quantitative estimate of drug-likeness (QED) is 0.757. The third-order valence-electron chi connectivity index (χ3n) is 4.58. The Morgan fingerprint density at radius 2 is 2.11 bits per heavy atom. The van der Waals surface area contributed by atoms with Crippen LogP contribution in [-0.4, -0.2) is 47.9 Å². The number of carbonyl (C=O) groups is 3. The number of likely N-dealkylation sites (N-methyl/N-ethyl adjacent to an activating group) is 1. The summed E-state index contributed by atoms with van der Waals surface area (Å²) in [5.74, 6) is -0.326. The van der Waals surface area contributed by atoms with Gasteiger partial charge in [-0.1, -0.05) is 21.1 Å². The summed E-state index contributed by atoms with van der Waals surface area (Å²) < 4.78 is 5.85. The van der Waals surface area contributed by atoms with E-state index in [2.05, 4.69) is 26.4 Å². The van der Waals surface area contributed by atoms with Gasteiger partial charge < -0.3 is 19.6 Å². The Balaban J connectivity index is 1.60. The van der Waals surface area contributed by atoms with E-state index in [1.54, 1.807) is 24.9 Å². The normalized spacial score (nSPS) is 16.4. The molecule has 1 fully saturated rings. The summed E-state index contributed by atoms with van der Waals surface area (Å²) in [4.78, 5) is 40.2. The molecule has 1 unspecified atom stereocenters. The molecule has 1 aliphatic heterocycles. The van der Waals surface area contributed by atoms with Crippen LogP contribution in [0, 0.1) is 19.8 Å². The number of nitrogens with zero attached hydrogens (tertiary/aromatic N) is 3. The second-order valence-corrected chi connectivity index (χ2v) is 7.76. The molecule has 9 heteroatoms. The molecular weight excluding hydrogens is 428 g/mol. The maximum Gasteiger partial charge on any atom is 0.245 e. The van der Waals surface area contributed by atoms with Gasteiger partial charge in [-0.3, -0.25) is 14.4 Å². The van der Waals surface area contributed by atoms with Gasteiger partial charge >= 0.3 is 0 Å². The zero-order valence-corrected chi connectivity index (χ0v) is 17.4. The van der Waals surface area contributed by atoms with E-state index in [9.17, 15) is 14.4 Å². The fraction of sp³-hybridized carbons (Fsp3) is 0.368. The molecule has 1 aromatic heterocycles. The standard InChI is InChI=1S/C19H21BrN4O4/c1-11-6-14(4-5-15(11)20)24-9-13(8-18(24)26)19(27)23(3)10-17(25)21-16-7-12(2)28-22-16/h4-7,13H,8-10H2,1-3H3,(H,21,22,25). The number of hydrogen-bond acceptors (Lipinski definition) is 5. The predicted molar refractivity (Wildman–Crippen MR) is 107 cm³/mol. The average Bonchev–Trinajstić information content (AvgIpc) is 3.22. The third-order valence-corrected chi connectivity index (χ3v) is 5.47. The largest absolute Gasteiger partial charge is 0.360 e. The van der Waals surface area contributed by atoms with E-state index >= 15 is 0 Å². The van der Waals surface area contributed by atoms with E-state index in [4.69, 9.17) is 4.52 Å². The van der Waals surface area contributed by atoms with Crippen LogP contribution < -0.4 is 10.2 Å². The highest BCUT2D eigenvalue weighted by Crippen LogP contribution is 2.29. The zero-order valence-electron chi connectivity index (χ0n) is 15.9. The van der Waals surface area contributed by atoms with Crippen LogP contribution in [0.25, 0.3) is 0 Å². The molecule has 0 bridgehead atoms. The van der Waals surface area contributed by atoms with Crippen LogP contribution in [0.3, 0.4) is 0 Å². The van der Waals surface area contributed by atoms with Crippen molar-refractivity contribution in [2.75, 3.05) is 30.4 Å². The molecule has 3 amide bonds. The third kappa shape index (κ3) is 4.41. The molecule has 0 spiro atoms. The number of aromatic nitrogens is 1. The van der Waals surface area contributed by atoms with Gasteiger partial charge in [-0.25, -0.2) is 0 Å². The van der Waals surface area contributed by atoms with Gasteiger partial charge in [-0.15, -0.1) is 0 Å². The molecule has 148 valence electrons. The highest BCUT2D eigenvalue weighted by molar-refractivity contribution is 9.10. The second-order valence-electron chi connectivity index (χ2n) is 6.90. The Hall–Kier alpha value is -2.68. The molecule has 2 aromatic rings. The minimum Gasteiger partial charge on any atom is -0.360 e. The Morgan fingerprint density at radius 3 is 2.75 bits per heavy atom. The van der Waals surface area contributed by atoms with Crippen LogP contribution in [0.1, 0.15) is 17.7 Å². The zero-order chi connectivity index (χ0) is 20.4. The van der Waals surface area contributed by atoms with Crippen molar-refractivity contribution in [3.8, 4) is 0 Å². The molecule has 8 nitrogen and oxygen atoms in total. The number of amides is 3. The molecule has 2 heterocycles. The molecule has 0 radical (unpaired) electrons. The molecule has 0 aliphatic carbocycles. The number of carbonyl (C=O) groups excluding carboxylic acids is 3. The summed E-state index contributed by atoms with van der Waals surface area (Å²) in [7, 11) is 1.55. The molecule has 0 saturated carbocycles. The fourth-order valence-corrected chi connectivity index (χ4v) is 3.38. The fourth-order valence-electron chi connectivity index (χ4n) is 3.13. The van der Waals surface area contributed by atoms with Crippen LogP contribution in [0.4, 0.5) is 11.5 Å². The van der Waals surface area contributed by atoms with Crippen molar-refractivity contribution >= 4 is 45.2 Å². The van der Waals surface area contributed by atoms with Crippen molar-refractivity contribution < 1.29 is 18.9 Å². The van der Waals surface area contributed by atoms with Gasteiger partial charge in [0.25, 0.3) is 0 Å². The van der Waals surface area contributed by atoms with Crippen molar-refractivity contribution in [3.05, 3.63) is 40.1 Å². The molecule has 28 heavy (non-hydrogen) atoms. The van der Waals surface area contributed by atoms with Crippen LogP contribution in [-0.2, 0) is 14.4 Å². The van der Waals surface area contributed by atoms with Gasteiger partial charge in [0.2, 0.25) is 17.7 Å². The highest BCUT2D eigenvalue weighted by atomic mass is 79.9. The number of halogens is 1. The summed E-state index contributed by atoms with van der Waals surface area (Å²) in [6.45, 7) is 3.83. The summed E-state index contributed by atoms with van der Waals surface area (Å²) in [6, 6.07) is 7.23. The lowest BCUT2D eigenvalue weighted by Gasteiger charge is -2.21. The molecular formula is C19H21BrN4O4.